The van der Waals surface area contributed by atoms with Crippen LogP contribution in [0.4, 0.5) is 0 Å². The number of aromatic nitrogens is 2. The van der Waals surface area contributed by atoms with E-state index in [4.69, 9.17) is 0 Å². The highest BCUT2D eigenvalue weighted by molar-refractivity contribution is 5.86. The average Bonchev–Trinajstić information content (AvgIpc) is 2.76. The van der Waals surface area contributed by atoms with Crippen molar-refractivity contribution in [3.05, 3.63) is 41.6 Å². The Morgan fingerprint density at radius 2 is 2.19 bits per heavy atom. The summed E-state index contributed by atoms with van der Waals surface area (Å²) in [6.45, 7) is 4.85. The van der Waals surface area contributed by atoms with Gasteiger partial charge in [-0.05, 0) is 26.0 Å². The van der Waals surface area contributed by atoms with Crippen LogP contribution in [0.2, 0.25) is 0 Å². The third-order valence-corrected chi connectivity index (χ3v) is 2.63. The smallest absolute Gasteiger partial charge is 0.150 e. The van der Waals surface area contributed by atoms with Crippen LogP contribution in [-0.2, 0) is 6.54 Å². The lowest BCUT2D eigenvalue weighted by molar-refractivity contribution is 0.112. The molecule has 3 nitrogen and oxygen atoms in total. The van der Waals surface area contributed by atoms with Gasteiger partial charge in [0.25, 0.3) is 0 Å². The van der Waals surface area contributed by atoms with Crippen molar-refractivity contribution in [1.29, 1.82) is 0 Å². The molecule has 1 aromatic heterocycles. The molecule has 2 aromatic rings. The molecule has 0 saturated heterocycles. The number of hydrogen-bond donors (Lipinski definition) is 0. The van der Waals surface area contributed by atoms with Crippen molar-refractivity contribution < 1.29 is 4.79 Å². The van der Waals surface area contributed by atoms with Crippen molar-refractivity contribution in [2.75, 3.05) is 0 Å². The number of carbonyl (C=O) groups is 1. The van der Waals surface area contributed by atoms with E-state index in [0.29, 0.717) is 5.56 Å². The topological polar surface area (TPSA) is 34.9 Å². The molecule has 1 heterocycles. The van der Waals surface area contributed by atoms with E-state index in [1.54, 1.807) is 6.20 Å². The summed E-state index contributed by atoms with van der Waals surface area (Å²) in [5, 5.41) is 4.22. The Labute approximate surface area is 94.7 Å². The predicted molar refractivity (Wildman–Crippen MR) is 63.5 cm³/mol. The molecule has 1 aromatic carbocycles. The van der Waals surface area contributed by atoms with E-state index in [1.807, 2.05) is 42.8 Å². The van der Waals surface area contributed by atoms with Gasteiger partial charge in [0.2, 0.25) is 0 Å². The van der Waals surface area contributed by atoms with Crippen LogP contribution in [0.1, 0.15) is 22.8 Å². The highest BCUT2D eigenvalue weighted by Crippen LogP contribution is 2.23. The summed E-state index contributed by atoms with van der Waals surface area (Å²) in [5.41, 5.74) is 3.80. The molecule has 0 saturated carbocycles. The third kappa shape index (κ3) is 1.76. The fraction of sp³-hybridized carbons (Fsp3) is 0.231. The standard InChI is InChI=1S/C13H14N2O/c1-3-15-13(6-7-14-15)12-8-10(2)4-5-11(12)9-16/h4-9H,3H2,1-2H3. The lowest BCUT2D eigenvalue weighted by atomic mass is 10.0. The fourth-order valence-electron chi connectivity index (χ4n) is 1.81. The predicted octanol–water partition coefficient (Wildman–Crippen LogP) is 2.69. The van der Waals surface area contributed by atoms with Crippen molar-refractivity contribution in [1.82, 2.24) is 9.78 Å². The summed E-state index contributed by atoms with van der Waals surface area (Å²) in [6, 6.07) is 7.75. The Morgan fingerprint density at radius 3 is 2.88 bits per heavy atom. The van der Waals surface area contributed by atoms with Crippen LogP contribution in [-0.4, -0.2) is 16.1 Å². The minimum Gasteiger partial charge on any atom is -0.298 e. The quantitative estimate of drug-likeness (QED) is 0.736. The Hall–Kier alpha value is -1.90. The van der Waals surface area contributed by atoms with Crippen molar-refractivity contribution >= 4 is 6.29 Å². The number of aldehydes is 1. The van der Waals surface area contributed by atoms with Gasteiger partial charge in [0.05, 0.1) is 5.69 Å². The van der Waals surface area contributed by atoms with E-state index < -0.39 is 0 Å². The normalized spacial score (nSPS) is 10.4. The van der Waals surface area contributed by atoms with Gasteiger partial charge in [-0.1, -0.05) is 17.7 Å². The number of carbonyl (C=O) groups excluding carboxylic acids is 1. The van der Waals surface area contributed by atoms with Crippen LogP contribution in [0.25, 0.3) is 11.3 Å². The van der Waals surface area contributed by atoms with E-state index in [2.05, 4.69) is 5.10 Å². The molecular formula is C13H14N2O. The van der Waals surface area contributed by atoms with E-state index in [9.17, 15) is 4.79 Å². The largest absolute Gasteiger partial charge is 0.298 e. The first-order valence-electron chi connectivity index (χ1n) is 5.34. The minimum atomic E-state index is 0.709. The van der Waals surface area contributed by atoms with Crippen LogP contribution in [0.15, 0.2) is 30.5 Å². The first kappa shape index (κ1) is 10.6. The monoisotopic (exact) mass is 214 g/mol. The van der Waals surface area contributed by atoms with E-state index >= 15 is 0 Å². The summed E-state index contributed by atoms with van der Waals surface area (Å²) in [6.07, 6.45) is 2.65. The summed E-state index contributed by atoms with van der Waals surface area (Å²) < 4.78 is 1.89. The summed E-state index contributed by atoms with van der Waals surface area (Å²) in [7, 11) is 0. The minimum absolute atomic E-state index is 0.709. The van der Waals surface area contributed by atoms with Crippen molar-refractivity contribution in [2.24, 2.45) is 0 Å². The molecule has 16 heavy (non-hydrogen) atoms. The van der Waals surface area contributed by atoms with E-state index in [1.165, 1.54) is 0 Å². The molecule has 0 radical (unpaired) electrons. The van der Waals surface area contributed by atoms with Gasteiger partial charge in [-0.15, -0.1) is 0 Å². The summed E-state index contributed by atoms with van der Waals surface area (Å²) in [5.74, 6) is 0. The van der Waals surface area contributed by atoms with Crippen LogP contribution in [0.3, 0.4) is 0 Å². The van der Waals surface area contributed by atoms with Gasteiger partial charge in [0.15, 0.2) is 6.29 Å². The second kappa shape index (κ2) is 4.31. The molecule has 82 valence electrons. The number of benzene rings is 1. The Balaban J connectivity index is 2.62. The zero-order valence-corrected chi connectivity index (χ0v) is 9.47. The van der Waals surface area contributed by atoms with Gasteiger partial charge in [0, 0.05) is 23.9 Å². The molecule has 0 bridgehead atoms. The molecule has 0 aliphatic carbocycles. The molecular weight excluding hydrogens is 200 g/mol. The van der Waals surface area contributed by atoms with Crippen LogP contribution in [0, 0.1) is 6.92 Å². The van der Waals surface area contributed by atoms with E-state index in [-0.39, 0.29) is 0 Å². The number of rotatable bonds is 3. The molecule has 0 spiro atoms. The molecule has 0 N–H and O–H groups in total. The molecule has 0 aliphatic heterocycles. The van der Waals surface area contributed by atoms with Gasteiger partial charge in [0.1, 0.15) is 0 Å². The first-order chi connectivity index (χ1) is 7.76. The summed E-state index contributed by atoms with van der Waals surface area (Å²) in [4.78, 5) is 11.0. The maximum atomic E-state index is 11.0. The van der Waals surface area contributed by atoms with Gasteiger partial charge < -0.3 is 0 Å². The Bertz CT molecular complexity index is 514. The fourth-order valence-corrected chi connectivity index (χ4v) is 1.81. The Kier molecular flexibility index (Phi) is 2.86. The maximum absolute atomic E-state index is 11.0. The lowest BCUT2D eigenvalue weighted by Crippen LogP contribution is -2.00. The number of hydrogen-bond acceptors (Lipinski definition) is 2. The molecule has 0 amide bonds. The average molecular weight is 214 g/mol. The van der Waals surface area contributed by atoms with Crippen LogP contribution in [0.5, 0.6) is 0 Å². The Morgan fingerprint density at radius 1 is 1.38 bits per heavy atom. The second-order valence-electron chi connectivity index (χ2n) is 3.74. The van der Waals surface area contributed by atoms with Gasteiger partial charge >= 0.3 is 0 Å². The molecule has 0 fully saturated rings. The second-order valence-corrected chi connectivity index (χ2v) is 3.74. The molecule has 2 rings (SSSR count). The van der Waals surface area contributed by atoms with Gasteiger partial charge in [-0.3, -0.25) is 9.48 Å². The van der Waals surface area contributed by atoms with Crippen molar-refractivity contribution in [3.63, 3.8) is 0 Å². The number of aryl methyl sites for hydroxylation is 2. The number of nitrogens with zero attached hydrogens (tertiary/aromatic N) is 2. The highest BCUT2D eigenvalue weighted by atomic mass is 16.1. The van der Waals surface area contributed by atoms with Gasteiger partial charge in [-0.2, -0.15) is 5.10 Å². The molecule has 3 heteroatoms. The molecule has 0 atom stereocenters. The van der Waals surface area contributed by atoms with E-state index in [0.717, 1.165) is 29.7 Å². The molecule has 0 aliphatic rings. The molecule has 0 unspecified atom stereocenters. The SMILES string of the molecule is CCn1nccc1-c1cc(C)ccc1C=O. The van der Waals surface area contributed by atoms with Gasteiger partial charge in [-0.25, -0.2) is 0 Å². The van der Waals surface area contributed by atoms with Crippen molar-refractivity contribution in [2.45, 2.75) is 20.4 Å². The lowest BCUT2D eigenvalue weighted by Gasteiger charge is -2.08. The first-order valence-corrected chi connectivity index (χ1v) is 5.34. The maximum Gasteiger partial charge on any atom is 0.150 e. The summed E-state index contributed by atoms with van der Waals surface area (Å²) >= 11 is 0. The highest BCUT2D eigenvalue weighted by Gasteiger charge is 2.09. The zero-order chi connectivity index (χ0) is 11.5. The van der Waals surface area contributed by atoms with Crippen molar-refractivity contribution in [3.8, 4) is 11.3 Å². The third-order valence-electron chi connectivity index (χ3n) is 2.63. The van der Waals surface area contributed by atoms with Crippen LogP contribution >= 0.6 is 0 Å². The zero-order valence-electron chi connectivity index (χ0n) is 9.47. The van der Waals surface area contributed by atoms with Crippen LogP contribution < -0.4 is 0 Å².